The van der Waals surface area contributed by atoms with E-state index >= 15 is 0 Å². The molecule has 0 saturated carbocycles. The number of anilines is 2. The van der Waals surface area contributed by atoms with Gasteiger partial charge in [0.2, 0.25) is 5.82 Å². The minimum absolute atomic E-state index is 0.158. The fourth-order valence-corrected chi connectivity index (χ4v) is 2.96. The van der Waals surface area contributed by atoms with Crippen molar-refractivity contribution >= 4 is 28.3 Å². The van der Waals surface area contributed by atoms with Crippen molar-refractivity contribution in [2.24, 2.45) is 0 Å². The van der Waals surface area contributed by atoms with Crippen molar-refractivity contribution < 1.29 is 14.7 Å². The maximum atomic E-state index is 11.3. The lowest BCUT2D eigenvalue weighted by atomic mass is 10.2. The fourth-order valence-electron chi connectivity index (χ4n) is 2.96. The van der Waals surface area contributed by atoms with Gasteiger partial charge in [0.25, 0.3) is 0 Å². The average molecular weight is 402 g/mol. The summed E-state index contributed by atoms with van der Waals surface area (Å²) in [4.78, 5) is 30.0. The molecule has 4 aromatic rings. The summed E-state index contributed by atoms with van der Waals surface area (Å²) in [5.41, 5.74) is 3.30. The van der Waals surface area contributed by atoms with Crippen LogP contribution in [0.5, 0.6) is 11.5 Å². The van der Waals surface area contributed by atoms with E-state index in [0.717, 1.165) is 22.4 Å². The first-order valence-corrected chi connectivity index (χ1v) is 9.06. The van der Waals surface area contributed by atoms with Crippen molar-refractivity contribution in [3.05, 3.63) is 72.6 Å². The SMILES string of the molecule is Cc1nc(N(C)c2ccc(Oc3cnc(C(=O)NO)nc3)cc2)c2ccccc2n1. The number of hydrogen-bond donors (Lipinski definition) is 2. The second-order valence-electron chi connectivity index (χ2n) is 6.45. The smallest absolute Gasteiger partial charge is 0.312 e. The Kier molecular flexibility index (Phi) is 5.19. The molecule has 0 fully saturated rings. The minimum atomic E-state index is -0.790. The molecule has 2 aromatic heterocycles. The predicted octanol–water partition coefficient (Wildman–Crippen LogP) is 3.41. The molecular weight excluding hydrogens is 384 g/mol. The van der Waals surface area contributed by atoms with Crippen LogP contribution in [0.2, 0.25) is 0 Å². The van der Waals surface area contributed by atoms with Crippen LogP contribution in [0, 0.1) is 6.92 Å². The molecule has 2 N–H and O–H groups in total. The Morgan fingerprint density at radius 2 is 1.70 bits per heavy atom. The van der Waals surface area contributed by atoms with Crippen LogP contribution in [0.3, 0.4) is 0 Å². The number of ether oxygens (including phenoxy) is 1. The molecular formula is C21H18N6O3. The number of benzene rings is 2. The standard InChI is InChI=1S/C21H18N6O3/c1-13-24-18-6-4-3-5-17(18)20(25-13)27(2)14-7-9-15(10-8-14)30-16-11-22-19(23-12-16)21(28)26-29/h3-12,29H,1-2H3,(H,26,28). The summed E-state index contributed by atoms with van der Waals surface area (Å²) in [6.45, 7) is 1.87. The topological polar surface area (TPSA) is 113 Å². The molecule has 0 aliphatic rings. The van der Waals surface area contributed by atoms with E-state index in [-0.39, 0.29) is 5.82 Å². The Balaban J connectivity index is 1.54. The summed E-state index contributed by atoms with van der Waals surface area (Å²) >= 11 is 0. The zero-order valence-corrected chi connectivity index (χ0v) is 16.3. The minimum Gasteiger partial charge on any atom is -0.454 e. The Morgan fingerprint density at radius 1 is 1.00 bits per heavy atom. The first-order chi connectivity index (χ1) is 14.5. The predicted molar refractivity (Wildman–Crippen MR) is 110 cm³/mol. The number of amides is 1. The first kappa shape index (κ1) is 19.2. The fraction of sp³-hybridized carbons (Fsp3) is 0.0952. The molecule has 0 atom stereocenters. The Bertz CT molecular complexity index is 1200. The van der Waals surface area contributed by atoms with Gasteiger partial charge < -0.3 is 9.64 Å². The third-order valence-corrected chi connectivity index (χ3v) is 4.41. The number of hydrogen-bond acceptors (Lipinski definition) is 8. The van der Waals surface area contributed by atoms with Crippen LogP contribution in [-0.4, -0.2) is 38.1 Å². The molecule has 2 aromatic carbocycles. The number of aromatic nitrogens is 4. The molecule has 150 valence electrons. The van der Waals surface area contributed by atoms with Gasteiger partial charge in [-0.1, -0.05) is 12.1 Å². The number of carbonyl (C=O) groups is 1. The van der Waals surface area contributed by atoms with Crippen LogP contribution in [-0.2, 0) is 0 Å². The zero-order chi connectivity index (χ0) is 21.1. The van der Waals surface area contributed by atoms with Gasteiger partial charge in [-0.25, -0.2) is 25.4 Å². The highest BCUT2D eigenvalue weighted by molar-refractivity contribution is 5.91. The maximum Gasteiger partial charge on any atom is 0.312 e. The Hall–Kier alpha value is -4.11. The van der Waals surface area contributed by atoms with E-state index in [2.05, 4.69) is 19.9 Å². The molecule has 0 radical (unpaired) electrons. The summed E-state index contributed by atoms with van der Waals surface area (Å²) < 4.78 is 5.71. The summed E-state index contributed by atoms with van der Waals surface area (Å²) in [7, 11) is 1.95. The lowest BCUT2D eigenvalue weighted by molar-refractivity contribution is 0.0694. The molecule has 4 rings (SSSR count). The van der Waals surface area contributed by atoms with E-state index in [9.17, 15) is 4.79 Å². The molecule has 9 heteroatoms. The van der Waals surface area contributed by atoms with Gasteiger partial charge in [-0.05, 0) is 43.3 Å². The van der Waals surface area contributed by atoms with Crippen LogP contribution in [0.15, 0.2) is 60.9 Å². The lowest BCUT2D eigenvalue weighted by Crippen LogP contribution is -2.21. The van der Waals surface area contributed by atoms with Crippen molar-refractivity contribution in [3.63, 3.8) is 0 Å². The molecule has 0 aliphatic heterocycles. The summed E-state index contributed by atoms with van der Waals surface area (Å²) in [6.07, 6.45) is 2.71. The molecule has 0 aliphatic carbocycles. The molecule has 0 spiro atoms. The van der Waals surface area contributed by atoms with Gasteiger partial charge in [-0.15, -0.1) is 0 Å². The molecule has 0 unspecified atom stereocenters. The molecule has 0 saturated heterocycles. The van der Waals surface area contributed by atoms with Crippen LogP contribution in [0.4, 0.5) is 11.5 Å². The lowest BCUT2D eigenvalue weighted by Gasteiger charge is -2.20. The van der Waals surface area contributed by atoms with Crippen LogP contribution < -0.4 is 15.1 Å². The number of nitrogens with one attached hydrogen (secondary N) is 1. The van der Waals surface area contributed by atoms with E-state index in [1.54, 1.807) is 0 Å². The average Bonchev–Trinajstić information content (AvgIpc) is 2.78. The molecule has 1 amide bonds. The number of para-hydroxylation sites is 1. The third kappa shape index (κ3) is 3.87. The van der Waals surface area contributed by atoms with Crippen LogP contribution >= 0.6 is 0 Å². The van der Waals surface area contributed by atoms with E-state index in [1.807, 2.05) is 67.4 Å². The summed E-state index contributed by atoms with van der Waals surface area (Å²) in [5.74, 6) is 1.52. The van der Waals surface area contributed by atoms with Gasteiger partial charge in [0, 0.05) is 18.1 Å². The summed E-state index contributed by atoms with van der Waals surface area (Å²) in [5, 5.41) is 9.56. The van der Waals surface area contributed by atoms with Crippen molar-refractivity contribution in [2.75, 3.05) is 11.9 Å². The van der Waals surface area contributed by atoms with Crippen LogP contribution in [0.1, 0.15) is 16.4 Å². The molecule has 0 bridgehead atoms. The van der Waals surface area contributed by atoms with E-state index in [4.69, 9.17) is 9.94 Å². The summed E-state index contributed by atoms with van der Waals surface area (Å²) in [6, 6.07) is 15.3. The normalized spacial score (nSPS) is 10.6. The number of aryl methyl sites for hydroxylation is 1. The van der Waals surface area contributed by atoms with Crippen LogP contribution in [0.25, 0.3) is 10.9 Å². The maximum absolute atomic E-state index is 11.3. The highest BCUT2D eigenvalue weighted by Crippen LogP contribution is 2.30. The number of rotatable bonds is 5. The Morgan fingerprint density at radius 3 is 2.40 bits per heavy atom. The number of hydroxylamine groups is 1. The highest BCUT2D eigenvalue weighted by Gasteiger charge is 2.12. The quantitative estimate of drug-likeness (QED) is 0.386. The van der Waals surface area contributed by atoms with E-state index in [1.165, 1.54) is 17.9 Å². The monoisotopic (exact) mass is 402 g/mol. The third-order valence-electron chi connectivity index (χ3n) is 4.41. The second-order valence-corrected chi connectivity index (χ2v) is 6.45. The molecule has 2 heterocycles. The van der Waals surface area contributed by atoms with Crippen molar-refractivity contribution in [3.8, 4) is 11.5 Å². The molecule has 30 heavy (non-hydrogen) atoms. The van der Waals surface area contributed by atoms with Gasteiger partial charge in [0.05, 0.1) is 17.9 Å². The van der Waals surface area contributed by atoms with E-state index in [0.29, 0.717) is 17.3 Å². The number of nitrogens with zero attached hydrogens (tertiary/aromatic N) is 5. The first-order valence-electron chi connectivity index (χ1n) is 9.06. The van der Waals surface area contributed by atoms with Gasteiger partial charge in [-0.3, -0.25) is 10.0 Å². The van der Waals surface area contributed by atoms with Crippen molar-refractivity contribution in [2.45, 2.75) is 6.92 Å². The highest BCUT2D eigenvalue weighted by atomic mass is 16.5. The molecule has 9 nitrogen and oxygen atoms in total. The van der Waals surface area contributed by atoms with E-state index < -0.39 is 5.91 Å². The largest absolute Gasteiger partial charge is 0.454 e. The van der Waals surface area contributed by atoms with Gasteiger partial charge in [0.1, 0.15) is 17.4 Å². The number of fused-ring (bicyclic) bond motifs is 1. The zero-order valence-electron chi connectivity index (χ0n) is 16.3. The van der Waals surface area contributed by atoms with Crippen molar-refractivity contribution in [1.29, 1.82) is 0 Å². The van der Waals surface area contributed by atoms with Gasteiger partial charge in [-0.2, -0.15) is 0 Å². The number of carbonyl (C=O) groups excluding carboxylic acids is 1. The second kappa shape index (κ2) is 8.10. The van der Waals surface area contributed by atoms with Gasteiger partial charge >= 0.3 is 5.91 Å². The Labute approximate surface area is 172 Å². The van der Waals surface area contributed by atoms with Gasteiger partial charge in [0.15, 0.2) is 5.75 Å². The van der Waals surface area contributed by atoms with Crippen molar-refractivity contribution in [1.82, 2.24) is 25.4 Å².